The summed E-state index contributed by atoms with van der Waals surface area (Å²) in [4.78, 5) is 18.5. The second-order valence-electron chi connectivity index (χ2n) is 5.04. The monoisotopic (exact) mass is 293 g/mol. The SMILES string of the molecule is CCCCN(CCCC)c1cc(C(=O)OCC)c(N)cn1. The first-order valence-electron chi connectivity index (χ1n) is 7.81. The van der Waals surface area contributed by atoms with Crippen LogP contribution in [-0.4, -0.2) is 30.6 Å². The van der Waals surface area contributed by atoms with E-state index in [9.17, 15) is 4.79 Å². The fourth-order valence-electron chi connectivity index (χ4n) is 2.05. The number of ether oxygens (including phenoxy) is 1. The number of carbonyl (C=O) groups excluding carboxylic acids is 1. The van der Waals surface area contributed by atoms with Crippen molar-refractivity contribution >= 4 is 17.5 Å². The van der Waals surface area contributed by atoms with Gasteiger partial charge in [-0.25, -0.2) is 9.78 Å². The van der Waals surface area contributed by atoms with E-state index in [1.807, 2.05) is 0 Å². The molecule has 0 fully saturated rings. The molecule has 0 unspecified atom stereocenters. The molecule has 0 aliphatic heterocycles. The first kappa shape index (κ1) is 17.3. The number of hydrogen-bond donors (Lipinski definition) is 1. The summed E-state index contributed by atoms with van der Waals surface area (Å²) in [6, 6.07) is 1.75. The van der Waals surface area contributed by atoms with Gasteiger partial charge in [-0.15, -0.1) is 0 Å². The number of unbranched alkanes of at least 4 members (excludes halogenated alkanes) is 2. The van der Waals surface area contributed by atoms with Gasteiger partial charge in [-0.3, -0.25) is 0 Å². The first-order valence-corrected chi connectivity index (χ1v) is 7.81. The van der Waals surface area contributed by atoms with Crippen molar-refractivity contribution in [1.82, 2.24) is 4.98 Å². The Bertz CT molecular complexity index is 441. The van der Waals surface area contributed by atoms with Gasteiger partial charge in [0.2, 0.25) is 0 Å². The lowest BCUT2D eigenvalue weighted by molar-refractivity contribution is 0.0527. The lowest BCUT2D eigenvalue weighted by Gasteiger charge is -2.24. The molecule has 5 heteroatoms. The van der Waals surface area contributed by atoms with Gasteiger partial charge in [-0.05, 0) is 25.8 Å². The van der Waals surface area contributed by atoms with Crippen LogP contribution in [-0.2, 0) is 4.74 Å². The summed E-state index contributed by atoms with van der Waals surface area (Å²) in [5.74, 6) is 0.415. The number of hydrogen-bond acceptors (Lipinski definition) is 5. The standard InChI is InChI=1S/C16H27N3O2/c1-4-7-9-19(10-8-5-2)15-11-13(14(17)12-18-15)16(20)21-6-3/h11-12H,4-10,17H2,1-3H3. The molecule has 21 heavy (non-hydrogen) atoms. The van der Waals surface area contributed by atoms with Crippen LogP contribution in [0.3, 0.4) is 0 Å². The maximum absolute atomic E-state index is 11.9. The molecule has 2 N–H and O–H groups in total. The molecule has 1 rings (SSSR count). The number of esters is 1. The van der Waals surface area contributed by atoms with Crippen molar-refractivity contribution < 1.29 is 9.53 Å². The van der Waals surface area contributed by atoms with Crippen LogP contribution in [0, 0.1) is 0 Å². The number of anilines is 2. The minimum atomic E-state index is -0.385. The number of carbonyl (C=O) groups is 1. The molecule has 0 atom stereocenters. The van der Waals surface area contributed by atoms with Crippen molar-refractivity contribution in [1.29, 1.82) is 0 Å². The van der Waals surface area contributed by atoms with E-state index in [-0.39, 0.29) is 5.97 Å². The zero-order valence-electron chi connectivity index (χ0n) is 13.4. The summed E-state index contributed by atoms with van der Waals surface area (Å²) in [6.45, 7) is 8.33. The molecule has 0 radical (unpaired) electrons. The van der Waals surface area contributed by atoms with Crippen LogP contribution in [0.25, 0.3) is 0 Å². The quantitative estimate of drug-likeness (QED) is 0.708. The Morgan fingerprint density at radius 2 is 1.86 bits per heavy atom. The number of pyridine rings is 1. The van der Waals surface area contributed by atoms with Crippen LogP contribution in [0.1, 0.15) is 56.8 Å². The van der Waals surface area contributed by atoms with Crippen molar-refractivity contribution in [3.63, 3.8) is 0 Å². The van der Waals surface area contributed by atoms with E-state index in [0.29, 0.717) is 17.9 Å². The maximum Gasteiger partial charge on any atom is 0.340 e. The van der Waals surface area contributed by atoms with Gasteiger partial charge in [0.1, 0.15) is 5.82 Å². The molecule has 118 valence electrons. The lowest BCUT2D eigenvalue weighted by Crippen LogP contribution is -2.27. The van der Waals surface area contributed by atoms with Crippen molar-refractivity contribution in [2.24, 2.45) is 0 Å². The Hall–Kier alpha value is -1.78. The highest BCUT2D eigenvalue weighted by Gasteiger charge is 2.15. The van der Waals surface area contributed by atoms with E-state index in [2.05, 4.69) is 23.7 Å². The number of nitrogen functional groups attached to an aromatic ring is 1. The van der Waals surface area contributed by atoms with Gasteiger partial charge in [0.15, 0.2) is 0 Å². The van der Waals surface area contributed by atoms with Gasteiger partial charge in [0.05, 0.1) is 24.1 Å². The normalized spacial score (nSPS) is 10.4. The Labute approximate surface area is 127 Å². The molecule has 0 aliphatic carbocycles. The summed E-state index contributed by atoms with van der Waals surface area (Å²) in [5.41, 5.74) is 6.61. The molecule has 0 amide bonds. The number of nitrogens with zero attached hydrogens (tertiary/aromatic N) is 2. The molecule has 0 saturated heterocycles. The van der Waals surface area contributed by atoms with E-state index in [1.165, 1.54) is 0 Å². The second-order valence-corrected chi connectivity index (χ2v) is 5.04. The van der Waals surface area contributed by atoms with Gasteiger partial charge in [0.25, 0.3) is 0 Å². The zero-order valence-corrected chi connectivity index (χ0v) is 13.4. The molecule has 1 aromatic heterocycles. The third-order valence-electron chi connectivity index (χ3n) is 3.30. The first-order chi connectivity index (χ1) is 10.1. The van der Waals surface area contributed by atoms with Crippen molar-refractivity contribution in [3.05, 3.63) is 17.8 Å². The van der Waals surface area contributed by atoms with Crippen LogP contribution >= 0.6 is 0 Å². The highest BCUT2D eigenvalue weighted by Crippen LogP contribution is 2.20. The van der Waals surface area contributed by atoms with Gasteiger partial charge in [0, 0.05) is 13.1 Å². The van der Waals surface area contributed by atoms with Crippen LogP contribution in [0.2, 0.25) is 0 Å². The lowest BCUT2D eigenvalue weighted by atomic mass is 10.2. The van der Waals surface area contributed by atoms with Gasteiger partial charge in [-0.1, -0.05) is 26.7 Å². The topological polar surface area (TPSA) is 68.5 Å². The van der Waals surface area contributed by atoms with E-state index in [0.717, 1.165) is 44.6 Å². The predicted octanol–water partition coefficient (Wildman–Crippen LogP) is 3.25. The molecule has 0 spiro atoms. The second kappa shape index (κ2) is 9.21. The fraction of sp³-hybridized carbons (Fsp3) is 0.625. The summed E-state index contributed by atoms with van der Waals surface area (Å²) < 4.78 is 5.04. The molecule has 1 heterocycles. The smallest absolute Gasteiger partial charge is 0.340 e. The molecule has 0 saturated carbocycles. The van der Waals surface area contributed by atoms with Crippen LogP contribution in [0.4, 0.5) is 11.5 Å². The number of nitrogens with two attached hydrogens (primary N) is 1. The fourth-order valence-corrected chi connectivity index (χ4v) is 2.05. The minimum absolute atomic E-state index is 0.339. The Kier molecular flexibility index (Phi) is 7.58. The number of rotatable bonds is 9. The maximum atomic E-state index is 11.9. The molecule has 1 aromatic rings. The summed E-state index contributed by atoms with van der Waals surface area (Å²) in [7, 11) is 0. The Morgan fingerprint density at radius 3 is 2.38 bits per heavy atom. The van der Waals surface area contributed by atoms with E-state index >= 15 is 0 Å². The Balaban J connectivity index is 2.96. The van der Waals surface area contributed by atoms with Crippen LogP contribution in [0.15, 0.2) is 12.3 Å². The minimum Gasteiger partial charge on any atom is -0.462 e. The summed E-state index contributed by atoms with van der Waals surface area (Å²) in [5, 5.41) is 0. The molecular formula is C16H27N3O2. The Morgan fingerprint density at radius 1 is 1.24 bits per heavy atom. The molecular weight excluding hydrogens is 266 g/mol. The van der Waals surface area contributed by atoms with Crippen molar-refractivity contribution in [2.75, 3.05) is 30.3 Å². The highest BCUT2D eigenvalue weighted by atomic mass is 16.5. The third kappa shape index (κ3) is 5.25. The largest absolute Gasteiger partial charge is 0.462 e. The highest BCUT2D eigenvalue weighted by molar-refractivity contribution is 5.95. The molecule has 0 bridgehead atoms. The zero-order chi connectivity index (χ0) is 15.7. The van der Waals surface area contributed by atoms with Gasteiger partial charge in [-0.2, -0.15) is 0 Å². The molecule has 0 aliphatic rings. The van der Waals surface area contributed by atoms with E-state index in [1.54, 1.807) is 19.2 Å². The average molecular weight is 293 g/mol. The predicted molar refractivity (Wildman–Crippen MR) is 86.6 cm³/mol. The van der Waals surface area contributed by atoms with Crippen LogP contribution in [0.5, 0.6) is 0 Å². The van der Waals surface area contributed by atoms with Gasteiger partial charge >= 0.3 is 5.97 Å². The molecule has 0 aromatic carbocycles. The molecule has 5 nitrogen and oxygen atoms in total. The van der Waals surface area contributed by atoms with E-state index < -0.39 is 0 Å². The van der Waals surface area contributed by atoms with E-state index in [4.69, 9.17) is 10.5 Å². The summed E-state index contributed by atoms with van der Waals surface area (Å²) in [6.07, 6.45) is 6.01. The average Bonchev–Trinajstić information content (AvgIpc) is 2.48. The van der Waals surface area contributed by atoms with Crippen LogP contribution < -0.4 is 10.6 Å². The van der Waals surface area contributed by atoms with Crippen molar-refractivity contribution in [3.8, 4) is 0 Å². The van der Waals surface area contributed by atoms with Gasteiger partial charge < -0.3 is 15.4 Å². The summed E-state index contributed by atoms with van der Waals surface area (Å²) >= 11 is 0. The third-order valence-corrected chi connectivity index (χ3v) is 3.30. The van der Waals surface area contributed by atoms with Crippen molar-refractivity contribution in [2.45, 2.75) is 46.5 Å². The number of aromatic nitrogens is 1.